The van der Waals surface area contributed by atoms with E-state index in [0.717, 1.165) is 27.5 Å². The molecule has 1 heterocycles. The third-order valence-corrected chi connectivity index (χ3v) is 9.00. The maximum atomic E-state index is 10.0. The highest BCUT2D eigenvalue weighted by atomic mass is 15.1. The first-order chi connectivity index (χ1) is 32.4. The second-order valence-corrected chi connectivity index (χ2v) is 11.8. The smallest absolute Gasteiger partial charge is 0.145 e. The van der Waals surface area contributed by atoms with E-state index in [1.165, 1.54) is 0 Å². The van der Waals surface area contributed by atoms with Gasteiger partial charge in [0.1, 0.15) is 5.82 Å². The number of hydrogen-bond acceptors (Lipinski definition) is 1. The van der Waals surface area contributed by atoms with E-state index in [1.54, 1.807) is 24.3 Å². The molecule has 0 saturated carbocycles. The molecule has 0 saturated heterocycles. The van der Waals surface area contributed by atoms with Gasteiger partial charge in [0.2, 0.25) is 0 Å². The van der Waals surface area contributed by atoms with E-state index in [1.807, 2.05) is 71.3 Å². The molecule has 1 aromatic heterocycles. The summed E-state index contributed by atoms with van der Waals surface area (Å²) in [7, 11) is 0. The minimum atomic E-state index is -0.822. The monoisotopic (exact) mass is 665 g/mol. The summed E-state index contributed by atoms with van der Waals surface area (Å²) in [6.07, 6.45) is 0. The quantitative estimate of drug-likeness (QED) is 0.167. The van der Waals surface area contributed by atoms with Crippen molar-refractivity contribution in [3.8, 4) is 50.5 Å². The van der Waals surface area contributed by atoms with Gasteiger partial charge >= 0.3 is 0 Å². The van der Waals surface area contributed by atoms with Crippen LogP contribution in [0.15, 0.2) is 194 Å². The summed E-state index contributed by atoms with van der Waals surface area (Å²) in [5, 5.41) is 0.0925. The molecule has 238 valence electrons. The van der Waals surface area contributed by atoms with Crippen molar-refractivity contribution in [2.75, 3.05) is 0 Å². The fraction of sp³-hybridized carbons (Fsp3) is 0. The Labute approximate surface area is 320 Å². The Balaban J connectivity index is 1.35. The molecule has 10 rings (SSSR count). The first kappa shape index (κ1) is 16.8. The zero-order chi connectivity index (χ0) is 48.5. The van der Waals surface area contributed by atoms with Crippen LogP contribution in [-0.2, 0) is 0 Å². The topological polar surface area (TPSA) is 17.8 Å². The Hall–Kier alpha value is -6.77. The molecule has 9 aromatic carbocycles. The molecule has 2 nitrogen and oxygen atoms in total. The van der Waals surface area contributed by atoms with E-state index in [-0.39, 0.29) is 11.1 Å². The summed E-state index contributed by atoms with van der Waals surface area (Å²) in [5.41, 5.74) is 0.959. The fourth-order valence-electron chi connectivity index (χ4n) is 6.77. The Kier molecular flexibility index (Phi) is 3.94. The lowest BCUT2D eigenvalue weighted by Gasteiger charge is -2.18. The summed E-state index contributed by atoms with van der Waals surface area (Å²) >= 11 is 0. The van der Waals surface area contributed by atoms with Gasteiger partial charge in [0.15, 0.2) is 0 Å². The number of hydrogen-bond donors (Lipinski definition) is 0. The fourth-order valence-corrected chi connectivity index (χ4v) is 6.77. The number of imidazole rings is 1. The van der Waals surface area contributed by atoms with Crippen LogP contribution in [0, 0.1) is 0 Å². The minimum absolute atomic E-state index is 0.183. The van der Waals surface area contributed by atoms with Crippen LogP contribution in [0.4, 0.5) is 0 Å². The van der Waals surface area contributed by atoms with Crippen molar-refractivity contribution in [2.24, 2.45) is 0 Å². The molecule has 0 amide bonds. The molecule has 0 N–H and O–H groups in total. The lowest BCUT2D eigenvalue weighted by atomic mass is 9.85. The van der Waals surface area contributed by atoms with Gasteiger partial charge in [0.05, 0.1) is 40.0 Å². The van der Waals surface area contributed by atoms with E-state index in [4.69, 9.17) is 21.4 Å². The molecule has 0 radical (unpaired) electrons. The van der Waals surface area contributed by atoms with E-state index < -0.39 is 147 Å². The molecule has 0 spiro atoms. The SMILES string of the molecule is [2H]c1c([2H])c([2H])c(-c2c3c([2H])c([2H])c([2H])c([2H])c3c(-c3c([2H])c([2H])c([2H])c([2H])c3[2H])c3c([2H])c(-c4ccc(-c5nc6ccccc6n5-c5cccc6ccccc56)cc4)c([2H])c([2H])c23)c([2H])c1[2H]. The van der Waals surface area contributed by atoms with Gasteiger partial charge < -0.3 is 0 Å². The van der Waals surface area contributed by atoms with Crippen LogP contribution in [0.3, 0.4) is 0 Å². The van der Waals surface area contributed by atoms with Crippen LogP contribution in [0.25, 0.3) is 93.8 Å². The maximum absolute atomic E-state index is 10.0. The number of nitrogens with zero attached hydrogens (tertiary/aromatic N) is 2. The standard InChI is InChI=1S/C49H32N2/c1-3-15-35(16-4-1)47-40-21-9-10-22-41(40)48(36-17-5-2-6-18-36)43-32-38(30-31-42(43)47)33-26-28-37(29-27-33)49-50-44-23-11-12-24-46(44)51(49)45-25-13-19-34-14-7-8-20-39(34)45/h1-32H/i1D,2D,3D,4D,5D,6D,9D,10D,15D,16D,17D,18D,21D,22D,30D,31D,32D. The highest BCUT2D eigenvalue weighted by molar-refractivity contribution is 6.22. The summed E-state index contributed by atoms with van der Waals surface area (Å²) < 4.78 is 155. The van der Waals surface area contributed by atoms with Crippen molar-refractivity contribution in [1.82, 2.24) is 9.55 Å². The Morgan fingerprint density at radius 1 is 0.412 bits per heavy atom. The van der Waals surface area contributed by atoms with Crippen LogP contribution in [0.2, 0.25) is 0 Å². The van der Waals surface area contributed by atoms with Crippen LogP contribution in [0.5, 0.6) is 0 Å². The minimum Gasteiger partial charge on any atom is -0.292 e. The van der Waals surface area contributed by atoms with Crippen LogP contribution >= 0.6 is 0 Å². The van der Waals surface area contributed by atoms with E-state index in [0.29, 0.717) is 11.4 Å². The van der Waals surface area contributed by atoms with Gasteiger partial charge in [-0.1, -0.05) is 169 Å². The van der Waals surface area contributed by atoms with Crippen molar-refractivity contribution >= 4 is 43.4 Å². The average Bonchev–Trinajstić information content (AvgIpc) is 3.73. The molecule has 0 aliphatic rings. The molecule has 2 heteroatoms. The van der Waals surface area contributed by atoms with E-state index in [2.05, 4.69) is 0 Å². The molecule has 0 fully saturated rings. The normalized spacial score (nSPS) is 16.2. The van der Waals surface area contributed by atoms with Crippen molar-refractivity contribution < 1.29 is 23.3 Å². The van der Waals surface area contributed by atoms with Crippen LogP contribution in [0.1, 0.15) is 23.3 Å². The Bertz CT molecular complexity index is 3820. The zero-order valence-corrected chi connectivity index (χ0v) is 26.6. The summed E-state index contributed by atoms with van der Waals surface area (Å²) in [6.45, 7) is 0. The second-order valence-electron chi connectivity index (χ2n) is 11.8. The first-order valence-electron chi connectivity index (χ1n) is 24.6. The van der Waals surface area contributed by atoms with E-state index in [9.17, 15) is 6.85 Å². The third-order valence-electron chi connectivity index (χ3n) is 9.00. The molecule has 51 heavy (non-hydrogen) atoms. The van der Waals surface area contributed by atoms with Crippen molar-refractivity contribution in [1.29, 1.82) is 0 Å². The highest BCUT2D eigenvalue weighted by Gasteiger charge is 2.19. The summed E-state index contributed by atoms with van der Waals surface area (Å²) in [6, 6.07) is 15.2. The Morgan fingerprint density at radius 2 is 1.00 bits per heavy atom. The molecule has 0 unspecified atom stereocenters. The molecule has 0 atom stereocenters. The highest BCUT2D eigenvalue weighted by Crippen LogP contribution is 2.45. The molecule has 10 aromatic rings. The molecule has 0 aliphatic heterocycles. The number of para-hydroxylation sites is 2. The van der Waals surface area contributed by atoms with Crippen LogP contribution in [-0.4, -0.2) is 9.55 Å². The second kappa shape index (κ2) is 12.0. The Morgan fingerprint density at radius 3 is 1.75 bits per heavy atom. The van der Waals surface area contributed by atoms with Gasteiger partial charge in [-0.25, -0.2) is 4.98 Å². The van der Waals surface area contributed by atoms with Gasteiger partial charge in [-0.2, -0.15) is 0 Å². The molecule has 0 bridgehead atoms. The summed E-state index contributed by atoms with van der Waals surface area (Å²) in [5.74, 6) is 0.568. The van der Waals surface area contributed by atoms with Crippen molar-refractivity contribution in [3.63, 3.8) is 0 Å². The third kappa shape index (κ3) is 4.84. The first-order valence-corrected chi connectivity index (χ1v) is 16.1. The predicted molar refractivity (Wildman–Crippen MR) is 215 cm³/mol. The van der Waals surface area contributed by atoms with Crippen molar-refractivity contribution in [2.45, 2.75) is 0 Å². The lowest BCUT2D eigenvalue weighted by Crippen LogP contribution is -1.98. The number of benzene rings is 9. The molecular formula is C49H32N2. The number of fused-ring (bicyclic) bond motifs is 4. The predicted octanol–water partition coefficient (Wildman–Crippen LogP) is 13.2. The molecular weight excluding hydrogens is 617 g/mol. The van der Waals surface area contributed by atoms with E-state index >= 15 is 0 Å². The number of aromatic nitrogens is 2. The maximum Gasteiger partial charge on any atom is 0.145 e. The average molecular weight is 666 g/mol. The van der Waals surface area contributed by atoms with Gasteiger partial charge in [0, 0.05) is 10.9 Å². The largest absolute Gasteiger partial charge is 0.292 e. The van der Waals surface area contributed by atoms with Gasteiger partial charge in [-0.3, -0.25) is 4.57 Å². The van der Waals surface area contributed by atoms with Gasteiger partial charge in [-0.05, 0) is 84.6 Å². The van der Waals surface area contributed by atoms with Gasteiger partial charge in [0.25, 0.3) is 0 Å². The zero-order valence-electron chi connectivity index (χ0n) is 43.6. The molecule has 0 aliphatic carbocycles. The van der Waals surface area contributed by atoms with Gasteiger partial charge in [-0.15, -0.1) is 0 Å². The summed E-state index contributed by atoms with van der Waals surface area (Å²) in [4.78, 5) is 5.02. The number of rotatable bonds is 5. The van der Waals surface area contributed by atoms with Crippen LogP contribution < -0.4 is 0 Å². The van der Waals surface area contributed by atoms with Crippen molar-refractivity contribution in [3.05, 3.63) is 194 Å². The lowest BCUT2D eigenvalue weighted by molar-refractivity contribution is 1.11.